The highest BCUT2D eigenvalue weighted by molar-refractivity contribution is 5.80. The lowest BCUT2D eigenvalue weighted by atomic mass is 10.2. The molecule has 0 aromatic heterocycles. The lowest BCUT2D eigenvalue weighted by Gasteiger charge is -2.15. The van der Waals surface area contributed by atoms with Crippen LogP contribution in [-0.2, 0) is 4.79 Å². The Hall–Kier alpha value is -2.35. The number of benzene rings is 1. The number of nitrogens with two attached hydrogens (primary N) is 1. The molecule has 3 N–H and O–H groups in total. The first-order valence-corrected chi connectivity index (χ1v) is 4.99. The number of hydrogen-bond donors (Lipinski definition) is 2. The molecule has 1 aromatic rings. The number of nitrogens with zero attached hydrogens (tertiary/aromatic N) is 1. The number of amides is 1. The van der Waals surface area contributed by atoms with Crippen molar-refractivity contribution in [2.75, 3.05) is 7.11 Å². The molecule has 0 spiro atoms. The molecule has 0 bridgehead atoms. The van der Waals surface area contributed by atoms with Crippen LogP contribution in [-0.4, -0.2) is 24.0 Å². The van der Waals surface area contributed by atoms with Crippen LogP contribution in [0.5, 0.6) is 11.5 Å². The molecule has 1 rings (SSSR count). The van der Waals surface area contributed by atoms with Crippen LogP contribution in [0.25, 0.3) is 0 Å². The normalized spacial score (nSPS) is 11.5. The molecule has 1 aromatic carbocycles. The van der Waals surface area contributed by atoms with Gasteiger partial charge in [0.2, 0.25) is 0 Å². The van der Waals surface area contributed by atoms with E-state index in [9.17, 15) is 14.9 Å². The fraction of sp³-hybridized carbons (Fsp3) is 0.300. The first-order valence-electron chi connectivity index (χ1n) is 4.99. The van der Waals surface area contributed by atoms with Crippen molar-refractivity contribution in [2.24, 2.45) is 5.84 Å². The number of methoxy groups -OCH3 is 1. The first kappa shape index (κ1) is 13.7. The number of hydrazine groups is 1. The van der Waals surface area contributed by atoms with Crippen molar-refractivity contribution < 1.29 is 19.2 Å². The number of hydrogen-bond acceptors (Lipinski definition) is 6. The number of non-ortho nitro benzene ring substituents is 1. The van der Waals surface area contributed by atoms with Gasteiger partial charge < -0.3 is 9.47 Å². The quantitative estimate of drug-likeness (QED) is 0.339. The van der Waals surface area contributed by atoms with E-state index >= 15 is 0 Å². The lowest BCUT2D eigenvalue weighted by molar-refractivity contribution is -0.385. The number of nitro benzene ring substituents is 1. The predicted molar refractivity (Wildman–Crippen MR) is 62.1 cm³/mol. The SMILES string of the molecule is COc1ccc([N+](=O)[O-])cc1OC(C)C(=O)NN. The lowest BCUT2D eigenvalue weighted by Crippen LogP contribution is -2.40. The van der Waals surface area contributed by atoms with E-state index in [4.69, 9.17) is 15.3 Å². The van der Waals surface area contributed by atoms with Gasteiger partial charge in [0.15, 0.2) is 17.6 Å². The second-order valence-corrected chi connectivity index (χ2v) is 3.36. The fourth-order valence-electron chi connectivity index (χ4n) is 1.23. The highest BCUT2D eigenvalue weighted by Gasteiger charge is 2.18. The van der Waals surface area contributed by atoms with Crippen molar-refractivity contribution in [1.29, 1.82) is 0 Å². The number of ether oxygens (including phenoxy) is 2. The van der Waals surface area contributed by atoms with Gasteiger partial charge in [0.05, 0.1) is 18.1 Å². The molecule has 8 heteroatoms. The van der Waals surface area contributed by atoms with Gasteiger partial charge in [0, 0.05) is 6.07 Å². The minimum absolute atomic E-state index is 0.0998. The molecule has 0 saturated carbocycles. The minimum atomic E-state index is -0.897. The number of nitro groups is 1. The van der Waals surface area contributed by atoms with Crippen LogP contribution < -0.4 is 20.7 Å². The van der Waals surface area contributed by atoms with Crippen LogP contribution in [0.3, 0.4) is 0 Å². The molecular weight excluding hydrogens is 242 g/mol. The summed E-state index contributed by atoms with van der Waals surface area (Å²) in [5, 5.41) is 10.6. The van der Waals surface area contributed by atoms with Crippen LogP contribution in [0.1, 0.15) is 6.92 Å². The van der Waals surface area contributed by atoms with Gasteiger partial charge in [-0.15, -0.1) is 0 Å². The Labute approximate surface area is 103 Å². The van der Waals surface area contributed by atoms with Gasteiger partial charge in [-0.3, -0.25) is 20.3 Å². The zero-order chi connectivity index (χ0) is 13.7. The average Bonchev–Trinajstić information content (AvgIpc) is 2.37. The summed E-state index contributed by atoms with van der Waals surface area (Å²) in [5.74, 6) is 4.79. The van der Waals surface area contributed by atoms with Crippen LogP contribution in [0.4, 0.5) is 5.69 Å². The van der Waals surface area contributed by atoms with Gasteiger partial charge in [0.1, 0.15) is 0 Å². The van der Waals surface area contributed by atoms with Crippen molar-refractivity contribution >= 4 is 11.6 Å². The molecule has 1 amide bonds. The van der Waals surface area contributed by atoms with Crippen LogP contribution in [0.2, 0.25) is 0 Å². The third-order valence-electron chi connectivity index (χ3n) is 2.17. The molecule has 18 heavy (non-hydrogen) atoms. The highest BCUT2D eigenvalue weighted by Crippen LogP contribution is 2.31. The van der Waals surface area contributed by atoms with Gasteiger partial charge in [-0.05, 0) is 13.0 Å². The third-order valence-corrected chi connectivity index (χ3v) is 2.17. The standard InChI is InChI=1S/C10H13N3O5/c1-6(10(14)12-11)18-9-5-7(13(15)16)3-4-8(9)17-2/h3-6H,11H2,1-2H3,(H,12,14). The van der Waals surface area contributed by atoms with E-state index in [1.54, 1.807) is 0 Å². The zero-order valence-electron chi connectivity index (χ0n) is 9.88. The van der Waals surface area contributed by atoms with Crippen LogP contribution in [0.15, 0.2) is 18.2 Å². The summed E-state index contributed by atoms with van der Waals surface area (Å²) in [6, 6.07) is 3.85. The van der Waals surface area contributed by atoms with E-state index in [1.165, 1.54) is 32.2 Å². The molecule has 1 unspecified atom stereocenters. The fourth-order valence-corrected chi connectivity index (χ4v) is 1.23. The topological polar surface area (TPSA) is 117 Å². The summed E-state index contributed by atoms with van der Waals surface area (Å²) < 4.78 is 10.2. The first-order chi connectivity index (χ1) is 8.49. The Bertz CT molecular complexity index is 463. The Morgan fingerprint density at radius 3 is 2.67 bits per heavy atom. The summed E-state index contributed by atoms with van der Waals surface area (Å²) >= 11 is 0. The molecule has 1 atom stereocenters. The molecule has 98 valence electrons. The van der Waals surface area contributed by atoms with E-state index in [2.05, 4.69) is 0 Å². The van der Waals surface area contributed by atoms with E-state index in [0.717, 1.165) is 0 Å². The van der Waals surface area contributed by atoms with Gasteiger partial charge in [-0.2, -0.15) is 0 Å². The van der Waals surface area contributed by atoms with Crippen molar-refractivity contribution in [3.05, 3.63) is 28.3 Å². The Kier molecular flexibility index (Phi) is 4.44. The largest absolute Gasteiger partial charge is 0.493 e. The van der Waals surface area contributed by atoms with E-state index < -0.39 is 16.9 Å². The van der Waals surface area contributed by atoms with Crippen molar-refractivity contribution in [3.63, 3.8) is 0 Å². The summed E-state index contributed by atoms with van der Waals surface area (Å²) in [7, 11) is 1.39. The molecular formula is C10H13N3O5. The summed E-state index contributed by atoms with van der Waals surface area (Å²) in [6.07, 6.45) is -0.897. The number of rotatable bonds is 5. The van der Waals surface area contributed by atoms with Gasteiger partial charge in [0.25, 0.3) is 11.6 Å². The Morgan fingerprint density at radius 2 is 2.17 bits per heavy atom. The maximum atomic E-state index is 11.2. The monoisotopic (exact) mass is 255 g/mol. The number of nitrogens with one attached hydrogen (secondary N) is 1. The third kappa shape index (κ3) is 3.08. The molecule has 8 nitrogen and oxygen atoms in total. The Balaban J connectivity index is 3.01. The van der Waals surface area contributed by atoms with Crippen molar-refractivity contribution in [1.82, 2.24) is 5.43 Å². The molecule has 0 heterocycles. The minimum Gasteiger partial charge on any atom is -0.493 e. The second kappa shape index (κ2) is 5.82. The van der Waals surface area contributed by atoms with Gasteiger partial charge in [-0.1, -0.05) is 0 Å². The molecule has 0 aliphatic rings. The number of carbonyl (C=O) groups is 1. The van der Waals surface area contributed by atoms with Crippen molar-refractivity contribution in [3.8, 4) is 11.5 Å². The van der Waals surface area contributed by atoms with Gasteiger partial charge >= 0.3 is 0 Å². The summed E-state index contributed by atoms with van der Waals surface area (Å²) in [4.78, 5) is 21.3. The summed E-state index contributed by atoms with van der Waals surface area (Å²) in [5.41, 5.74) is 1.76. The number of carbonyl (C=O) groups excluding carboxylic acids is 1. The van der Waals surface area contributed by atoms with Crippen molar-refractivity contribution in [2.45, 2.75) is 13.0 Å². The Morgan fingerprint density at radius 1 is 1.50 bits per heavy atom. The van der Waals surface area contributed by atoms with E-state index in [1.807, 2.05) is 5.43 Å². The van der Waals surface area contributed by atoms with Crippen LogP contribution in [0, 0.1) is 10.1 Å². The van der Waals surface area contributed by atoms with E-state index in [0.29, 0.717) is 0 Å². The van der Waals surface area contributed by atoms with Crippen LogP contribution >= 0.6 is 0 Å². The molecule has 0 radical (unpaired) electrons. The molecule has 0 aliphatic heterocycles. The van der Waals surface area contributed by atoms with Gasteiger partial charge in [-0.25, -0.2) is 5.84 Å². The average molecular weight is 255 g/mol. The maximum absolute atomic E-state index is 11.2. The molecule has 0 aliphatic carbocycles. The second-order valence-electron chi connectivity index (χ2n) is 3.36. The maximum Gasteiger partial charge on any atom is 0.274 e. The molecule has 0 saturated heterocycles. The summed E-state index contributed by atoms with van der Waals surface area (Å²) in [6.45, 7) is 1.46. The smallest absolute Gasteiger partial charge is 0.274 e. The zero-order valence-corrected chi connectivity index (χ0v) is 9.88. The molecule has 0 fully saturated rings. The predicted octanol–water partition coefficient (Wildman–Crippen LogP) is 0.361. The highest BCUT2D eigenvalue weighted by atomic mass is 16.6. The van der Waals surface area contributed by atoms with E-state index in [-0.39, 0.29) is 17.2 Å².